The number of urea groups is 1. The summed E-state index contributed by atoms with van der Waals surface area (Å²) in [7, 11) is 0. The van der Waals surface area contributed by atoms with Gasteiger partial charge in [-0.05, 0) is 6.42 Å². The molecular formula is C6H15N3O. The molecule has 0 radical (unpaired) electrons. The van der Waals surface area contributed by atoms with Crippen molar-refractivity contribution in [2.24, 2.45) is 11.5 Å². The fourth-order valence-corrected chi connectivity index (χ4v) is 0.758. The number of hydrogen-bond donors (Lipinski definition) is 2. The summed E-state index contributed by atoms with van der Waals surface area (Å²) in [5.41, 5.74) is 10.3. The first-order valence-electron chi connectivity index (χ1n) is 3.46. The van der Waals surface area contributed by atoms with E-state index in [0.29, 0.717) is 19.6 Å². The average Bonchev–Trinajstić information content (AvgIpc) is 1.87. The Kier molecular flexibility index (Phi) is 4.66. The van der Waals surface area contributed by atoms with Crippen LogP contribution in [0.2, 0.25) is 0 Å². The Morgan fingerprint density at radius 1 is 1.50 bits per heavy atom. The summed E-state index contributed by atoms with van der Waals surface area (Å²) in [4.78, 5) is 12.1. The van der Waals surface area contributed by atoms with E-state index in [2.05, 4.69) is 0 Å². The van der Waals surface area contributed by atoms with Crippen LogP contribution in [-0.4, -0.2) is 30.6 Å². The van der Waals surface area contributed by atoms with Crippen LogP contribution in [0.5, 0.6) is 0 Å². The van der Waals surface area contributed by atoms with E-state index in [-0.39, 0.29) is 6.03 Å². The third-order valence-corrected chi connectivity index (χ3v) is 1.20. The lowest BCUT2D eigenvalue weighted by Gasteiger charge is -2.17. The molecule has 0 fully saturated rings. The van der Waals surface area contributed by atoms with Gasteiger partial charge < -0.3 is 16.4 Å². The Labute approximate surface area is 61.2 Å². The van der Waals surface area contributed by atoms with Crippen LogP contribution in [0.25, 0.3) is 0 Å². The number of rotatable bonds is 4. The van der Waals surface area contributed by atoms with Gasteiger partial charge in [0.1, 0.15) is 0 Å². The molecule has 0 aliphatic heterocycles. The van der Waals surface area contributed by atoms with Gasteiger partial charge >= 0.3 is 6.03 Å². The summed E-state index contributed by atoms with van der Waals surface area (Å²) in [5.74, 6) is 0. The van der Waals surface area contributed by atoms with E-state index in [4.69, 9.17) is 11.5 Å². The molecule has 0 rings (SSSR count). The standard InChI is InChI=1S/C6H15N3O/c1-2-4-9(5-3-7)6(8)10/h2-5,7H2,1H3,(H2,8,10). The molecule has 0 aromatic heterocycles. The maximum absolute atomic E-state index is 10.6. The topological polar surface area (TPSA) is 72.3 Å². The molecule has 4 heteroatoms. The third kappa shape index (κ3) is 3.29. The largest absolute Gasteiger partial charge is 0.351 e. The van der Waals surface area contributed by atoms with Crippen LogP contribution < -0.4 is 11.5 Å². The summed E-state index contributed by atoms with van der Waals surface area (Å²) in [5, 5.41) is 0. The van der Waals surface area contributed by atoms with Gasteiger partial charge in [0.2, 0.25) is 0 Å². The lowest BCUT2D eigenvalue weighted by Crippen LogP contribution is -2.39. The molecule has 0 unspecified atom stereocenters. The summed E-state index contributed by atoms with van der Waals surface area (Å²) < 4.78 is 0. The highest BCUT2D eigenvalue weighted by Crippen LogP contribution is 1.88. The van der Waals surface area contributed by atoms with Crippen LogP contribution in [-0.2, 0) is 0 Å². The highest BCUT2D eigenvalue weighted by molar-refractivity contribution is 5.71. The zero-order chi connectivity index (χ0) is 7.98. The minimum atomic E-state index is -0.382. The van der Waals surface area contributed by atoms with Crippen molar-refractivity contribution < 1.29 is 4.79 Å². The van der Waals surface area contributed by atoms with Gasteiger partial charge in [-0.1, -0.05) is 6.92 Å². The predicted molar refractivity (Wildman–Crippen MR) is 40.5 cm³/mol. The fourth-order valence-electron chi connectivity index (χ4n) is 0.758. The van der Waals surface area contributed by atoms with Gasteiger partial charge in [-0.25, -0.2) is 4.79 Å². The minimum absolute atomic E-state index is 0.382. The molecule has 0 aliphatic carbocycles. The van der Waals surface area contributed by atoms with Crippen molar-refractivity contribution in [1.82, 2.24) is 4.90 Å². The van der Waals surface area contributed by atoms with Gasteiger partial charge in [0.25, 0.3) is 0 Å². The second-order valence-corrected chi connectivity index (χ2v) is 2.11. The zero-order valence-electron chi connectivity index (χ0n) is 6.34. The van der Waals surface area contributed by atoms with E-state index in [1.54, 1.807) is 4.90 Å². The Morgan fingerprint density at radius 3 is 2.40 bits per heavy atom. The first-order valence-corrected chi connectivity index (χ1v) is 3.46. The molecule has 4 nitrogen and oxygen atoms in total. The quantitative estimate of drug-likeness (QED) is 0.572. The number of nitrogens with two attached hydrogens (primary N) is 2. The highest BCUT2D eigenvalue weighted by atomic mass is 16.2. The molecule has 0 saturated heterocycles. The molecule has 0 heterocycles. The number of primary amides is 1. The van der Waals surface area contributed by atoms with Gasteiger partial charge in [0.15, 0.2) is 0 Å². The number of nitrogens with zero attached hydrogens (tertiary/aromatic N) is 1. The van der Waals surface area contributed by atoms with E-state index in [1.165, 1.54) is 0 Å². The van der Waals surface area contributed by atoms with Crippen molar-refractivity contribution in [1.29, 1.82) is 0 Å². The smallest absolute Gasteiger partial charge is 0.314 e. The van der Waals surface area contributed by atoms with Gasteiger partial charge in [0.05, 0.1) is 0 Å². The molecule has 0 bridgehead atoms. The molecule has 60 valence electrons. The van der Waals surface area contributed by atoms with Crippen molar-refractivity contribution in [2.75, 3.05) is 19.6 Å². The van der Waals surface area contributed by atoms with Crippen LogP contribution in [0.3, 0.4) is 0 Å². The lowest BCUT2D eigenvalue weighted by atomic mass is 10.4. The molecule has 0 saturated carbocycles. The first kappa shape index (κ1) is 9.23. The van der Waals surface area contributed by atoms with Crippen LogP contribution in [0.15, 0.2) is 0 Å². The van der Waals surface area contributed by atoms with Crippen LogP contribution >= 0.6 is 0 Å². The van der Waals surface area contributed by atoms with Crippen molar-refractivity contribution in [3.8, 4) is 0 Å². The van der Waals surface area contributed by atoms with Crippen LogP contribution in [0, 0.1) is 0 Å². The molecule has 10 heavy (non-hydrogen) atoms. The average molecular weight is 145 g/mol. The summed E-state index contributed by atoms with van der Waals surface area (Å²) in [6.07, 6.45) is 0.920. The van der Waals surface area contributed by atoms with E-state index in [1.807, 2.05) is 6.92 Å². The molecule has 0 spiro atoms. The predicted octanol–water partition coefficient (Wildman–Crippen LogP) is -0.264. The second-order valence-electron chi connectivity index (χ2n) is 2.11. The van der Waals surface area contributed by atoms with Crippen molar-refractivity contribution in [2.45, 2.75) is 13.3 Å². The van der Waals surface area contributed by atoms with Crippen molar-refractivity contribution >= 4 is 6.03 Å². The SMILES string of the molecule is CCCN(CCN)C(N)=O. The zero-order valence-corrected chi connectivity index (χ0v) is 6.34. The van der Waals surface area contributed by atoms with E-state index in [9.17, 15) is 4.79 Å². The van der Waals surface area contributed by atoms with Gasteiger partial charge in [-0.15, -0.1) is 0 Å². The Bertz CT molecular complexity index is 99.2. The highest BCUT2D eigenvalue weighted by Gasteiger charge is 2.04. The number of carbonyl (C=O) groups is 1. The van der Waals surface area contributed by atoms with Gasteiger partial charge in [-0.3, -0.25) is 0 Å². The van der Waals surface area contributed by atoms with Gasteiger partial charge in [-0.2, -0.15) is 0 Å². The molecule has 2 amide bonds. The Hall–Kier alpha value is -0.770. The van der Waals surface area contributed by atoms with Crippen molar-refractivity contribution in [3.05, 3.63) is 0 Å². The maximum Gasteiger partial charge on any atom is 0.314 e. The van der Waals surface area contributed by atoms with E-state index < -0.39 is 0 Å². The minimum Gasteiger partial charge on any atom is -0.351 e. The molecule has 0 atom stereocenters. The lowest BCUT2D eigenvalue weighted by molar-refractivity contribution is 0.209. The molecule has 0 aliphatic rings. The van der Waals surface area contributed by atoms with Gasteiger partial charge in [0, 0.05) is 19.6 Å². The number of amides is 2. The summed E-state index contributed by atoms with van der Waals surface area (Å²) in [6.45, 7) is 3.73. The maximum atomic E-state index is 10.6. The van der Waals surface area contributed by atoms with Crippen molar-refractivity contribution in [3.63, 3.8) is 0 Å². The molecule has 0 aromatic rings. The molecule has 4 N–H and O–H groups in total. The van der Waals surface area contributed by atoms with E-state index in [0.717, 1.165) is 6.42 Å². The monoisotopic (exact) mass is 145 g/mol. The van der Waals surface area contributed by atoms with E-state index >= 15 is 0 Å². The summed E-state index contributed by atoms with van der Waals surface area (Å²) in [6, 6.07) is -0.382. The third-order valence-electron chi connectivity index (χ3n) is 1.20. The second kappa shape index (κ2) is 5.05. The molecular weight excluding hydrogens is 130 g/mol. The van der Waals surface area contributed by atoms with Crippen LogP contribution in [0.4, 0.5) is 4.79 Å². The summed E-state index contributed by atoms with van der Waals surface area (Å²) >= 11 is 0. The van der Waals surface area contributed by atoms with Crippen LogP contribution in [0.1, 0.15) is 13.3 Å². The molecule has 0 aromatic carbocycles. The number of hydrogen-bond acceptors (Lipinski definition) is 2. The number of carbonyl (C=O) groups excluding carboxylic acids is 1. The first-order chi connectivity index (χ1) is 4.72. The fraction of sp³-hybridized carbons (Fsp3) is 0.833. The Morgan fingerprint density at radius 2 is 2.10 bits per heavy atom. The normalized spacial score (nSPS) is 9.40. The Balaban J connectivity index is 3.61.